The molecule has 1 aromatic carbocycles. The summed E-state index contributed by atoms with van der Waals surface area (Å²) in [4.78, 5) is 24.0. The fourth-order valence-electron chi connectivity index (χ4n) is 2.45. The number of hydrogen-bond acceptors (Lipinski definition) is 2. The van der Waals surface area contributed by atoms with Crippen molar-refractivity contribution in [3.05, 3.63) is 31.8 Å². The third-order valence-electron chi connectivity index (χ3n) is 3.55. The predicted octanol–water partition coefficient (Wildman–Crippen LogP) is 3.23. The van der Waals surface area contributed by atoms with Gasteiger partial charge in [0.25, 0.3) is 5.91 Å². The van der Waals surface area contributed by atoms with Gasteiger partial charge in [-0.05, 0) is 53.6 Å². The first-order valence-corrected chi connectivity index (χ1v) is 8.96. The Kier molecular flexibility index (Phi) is 6.47. The predicted molar refractivity (Wildman–Crippen MR) is 94.2 cm³/mol. The van der Waals surface area contributed by atoms with Crippen LogP contribution >= 0.6 is 38.5 Å². The third-order valence-corrected chi connectivity index (χ3v) is 4.99. The normalized spacial score (nSPS) is 15.5. The number of rotatable bonds is 4. The molecule has 0 aromatic heterocycles. The van der Waals surface area contributed by atoms with Gasteiger partial charge in [-0.1, -0.05) is 35.2 Å². The molecule has 0 aliphatic heterocycles. The molecule has 2 amide bonds. The Bertz CT molecular complexity index is 530. The monoisotopic (exact) mass is 464 g/mol. The summed E-state index contributed by atoms with van der Waals surface area (Å²) in [5.74, 6) is -0.334. The summed E-state index contributed by atoms with van der Waals surface area (Å²) >= 11 is 5.46. The van der Waals surface area contributed by atoms with E-state index in [4.69, 9.17) is 0 Å². The molecule has 1 aliphatic rings. The summed E-state index contributed by atoms with van der Waals surface area (Å²) in [7, 11) is 0. The molecular weight excluding hydrogens is 447 g/mol. The lowest BCUT2D eigenvalue weighted by molar-refractivity contribution is -0.121. The number of carbonyl (C=O) groups excluding carboxylic acids is 2. The van der Waals surface area contributed by atoms with Crippen LogP contribution in [0.1, 0.15) is 42.5 Å². The average Bonchev–Trinajstić information content (AvgIpc) is 2.48. The fourth-order valence-corrected chi connectivity index (χ4v) is 3.39. The Balaban J connectivity index is 1.82. The van der Waals surface area contributed by atoms with Crippen molar-refractivity contribution in [2.75, 3.05) is 6.54 Å². The molecule has 2 N–H and O–H groups in total. The van der Waals surface area contributed by atoms with Crippen molar-refractivity contribution in [1.82, 2.24) is 10.6 Å². The topological polar surface area (TPSA) is 58.2 Å². The van der Waals surface area contributed by atoms with Gasteiger partial charge in [0, 0.05) is 14.1 Å². The van der Waals surface area contributed by atoms with Crippen LogP contribution in [0.25, 0.3) is 0 Å². The molecule has 114 valence electrons. The van der Waals surface area contributed by atoms with E-state index < -0.39 is 0 Å². The quantitative estimate of drug-likeness (QED) is 0.672. The van der Waals surface area contributed by atoms with Crippen LogP contribution in [0.3, 0.4) is 0 Å². The molecule has 0 saturated heterocycles. The molecule has 0 spiro atoms. The summed E-state index contributed by atoms with van der Waals surface area (Å²) in [5.41, 5.74) is 0.579. The van der Waals surface area contributed by atoms with E-state index in [0.29, 0.717) is 5.56 Å². The molecular formula is C15H18BrIN2O2. The van der Waals surface area contributed by atoms with Crippen LogP contribution in [-0.4, -0.2) is 24.4 Å². The zero-order valence-electron chi connectivity index (χ0n) is 11.6. The molecule has 0 radical (unpaired) electrons. The van der Waals surface area contributed by atoms with Gasteiger partial charge in [0.1, 0.15) is 0 Å². The van der Waals surface area contributed by atoms with E-state index in [2.05, 4.69) is 49.2 Å². The van der Waals surface area contributed by atoms with Crippen LogP contribution in [0, 0.1) is 3.57 Å². The summed E-state index contributed by atoms with van der Waals surface area (Å²) in [5, 5.41) is 5.67. The SMILES string of the molecule is O=C(CNC(=O)c1cc(Br)ccc1I)NC1CCCCC1. The molecule has 4 nitrogen and oxygen atoms in total. The Morgan fingerprint density at radius 2 is 1.95 bits per heavy atom. The molecule has 0 atom stereocenters. The summed E-state index contributed by atoms with van der Waals surface area (Å²) < 4.78 is 1.71. The first kappa shape index (κ1) is 16.7. The number of benzene rings is 1. The van der Waals surface area contributed by atoms with E-state index in [1.807, 2.05) is 12.1 Å². The molecule has 0 unspecified atom stereocenters. The second-order valence-corrected chi connectivity index (χ2v) is 7.29. The van der Waals surface area contributed by atoms with Crippen LogP contribution in [0.15, 0.2) is 22.7 Å². The van der Waals surface area contributed by atoms with Gasteiger partial charge < -0.3 is 10.6 Å². The zero-order chi connectivity index (χ0) is 15.2. The van der Waals surface area contributed by atoms with Crippen LogP contribution in [0.2, 0.25) is 0 Å². The molecule has 1 aromatic rings. The van der Waals surface area contributed by atoms with E-state index in [9.17, 15) is 9.59 Å². The maximum atomic E-state index is 12.1. The first-order valence-electron chi connectivity index (χ1n) is 7.09. The minimum atomic E-state index is -0.223. The second-order valence-electron chi connectivity index (χ2n) is 5.21. The van der Waals surface area contributed by atoms with Gasteiger partial charge in [-0.25, -0.2) is 0 Å². The van der Waals surface area contributed by atoms with Crippen molar-refractivity contribution in [1.29, 1.82) is 0 Å². The minimum Gasteiger partial charge on any atom is -0.352 e. The highest BCUT2D eigenvalue weighted by Gasteiger charge is 2.16. The Labute approximate surface area is 146 Å². The lowest BCUT2D eigenvalue weighted by Crippen LogP contribution is -2.42. The van der Waals surface area contributed by atoms with Crippen LogP contribution in [0.4, 0.5) is 0 Å². The van der Waals surface area contributed by atoms with E-state index in [1.54, 1.807) is 6.07 Å². The lowest BCUT2D eigenvalue weighted by Gasteiger charge is -2.22. The van der Waals surface area contributed by atoms with Crippen LogP contribution in [0.5, 0.6) is 0 Å². The first-order chi connectivity index (χ1) is 10.1. The largest absolute Gasteiger partial charge is 0.352 e. The molecule has 1 fully saturated rings. The van der Waals surface area contributed by atoms with Gasteiger partial charge in [-0.2, -0.15) is 0 Å². The minimum absolute atomic E-state index is 0.0257. The molecule has 0 heterocycles. The highest BCUT2D eigenvalue weighted by atomic mass is 127. The number of carbonyl (C=O) groups is 2. The highest BCUT2D eigenvalue weighted by Crippen LogP contribution is 2.18. The number of hydrogen-bond donors (Lipinski definition) is 2. The van der Waals surface area contributed by atoms with E-state index in [0.717, 1.165) is 20.9 Å². The fraction of sp³-hybridized carbons (Fsp3) is 0.467. The van der Waals surface area contributed by atoms with E-state index in [-0.39, 0.29) is 24.4 Å². The zero-order valence-corrected chi connectivity index (χ0v) is 15.4. The second kappa shape index (κ2) is 8.12. The highest BCUT2D eigenvalue weighted by molar-refractivity contribution is 14.1. The third kappa shape index (κ3) is 5.25. The van der Waals surface area contributed by atoms with Crippen LogP contribution < -0.4 is 10.6 Å². The maximum Gasteiger partial charge on any atom is 0.252 e. The molecule has 2 rings (SSSR count). The number of amides is 2. The summed E-state index contributed by atoms with van der Waals surface area (Å²) in [6, 6.07) is 5.78. The number of halogens is 2. The lowest BCUT2D eigenvalue weighted by atomic mass is 9.95. The molecule has 6 heteroatoms. The van der Waals surface area contributed by atoms with Gasteiger partial charge in [0.15, 0.2) is 0 Å². The number of nitrogens with one attached hydrogen (secondary N) is 2. The average molecular weight is 465 g/mol. The van der Waals surface area contributed by atoms with Gasteiger partial charge in [0.2, 0.25) is 5.91 Å². The van der Waals surface area contributed by atoms with Crippen molar-refractivity contribution in [3.8, 4) is 0 Å². The van der Waals surface area contributed by atoms with Crippen molar-refractivity contribution in [3.63, 3.8) is 0 Å². The molecule has 1 saturated carbocycles. The van der Waals surface area contributed by atoms with Crippen LogP contribution in [-0.2, 0) is 4.79 Å². The molecule has 21 heavy (non-hydrogen) atoms. The van der Waals surface area contributed by atoms with Gasteiger partial charge >= 0.3 is 0 Å². The summed E-state index contributed by atoms with van der Waals surface area (Å²) in [6.45, 7) is 0.0257. The Morgan fingerprint density at radius 3 is 2.67 bits per heavy atom. The van der Waals surface area contributed by atoms with Crippen molar-refractivity contribution in [2.24, 2.45) is 0 Å². The van der Waals surface area contributed by atoms with Gasteiger partial charge in [-0.3, -0.25) is 9.59 Å². The van der Waals surface area contributed by atoms with E-state index >= 15 is 0 Å². The Hall–Kier alpha value is -0.630. The van der Waals surface area contributed by atoms with Crippen molar-refractivity contribution in [2.45, 2.75) is 38.1 Å². The van der Waals surface area contributed by atoms with Crippen molar-refractivity contribution >= 4 is 50.3 Å². The van der Waals surface area contributed by atoms with Gasteiger partial charge in [0.05, 0.1) is 12.1 Å². The van der Waals surface area contributed by atoms with Crippen molar-refractivity contribution < 1.29 is 9.59 Å². The van der Waals surface area contributed by atoms with Gasteiger partial charge in [-0.15, -0.1) is 0 Å². The molecule has 1 aliphatic carbocycles. The molecule has 0 bridgehead atoms. The Morgan fingerprint density at radius 1 is 1.24 bits per heavy atom. The smallest absolute Gasteiger partial charge is 0.252 e. The summed E-state index contributed by atoms with van der Waals surface area (Å²) in [6.07, 6.45) is 5.69. The maximum absolute atomic E-state index is 12.1. The standard InChI is InChI=1S/C15H18BrIN2O2/c16-10-6-7-13(17)12(8-10)15(21)18-9-14(20)19-11-4-2-1-3-5-11/h6-8,11H,1-5,9H2,(H,18,21)(H,19,20). The van der Waals surface area contributed by atoms with E-state index in [1.165, 1.54) is 19.3 Å².